The predicted molar refractivity (Wildman–Crippen MR) is 103 cm³/mol. The van der Waals surface area contributed by atoms with Gasteiger partial charge in [0.25, 0.3) is 5.67 Å². The lowest BCUT2D eigenvalue weighted by molar-refractivity contribution is -0.931. The lowest BCUT2D eigenvalue weighted by Crippen LogP contribution is -2.56. The maximum atomic E-state index is 16.3. The van der Waals surface area contributed by atoms with Gasteiger partial charge in [-0.25, -0.2) is 26.7 Å². The standard InChI is InChI=1S/C23H23F5NO2/c1-29(2)15-5-6-16(29)12-17(11-15)31-22(30)23(28,13-3-7-18(24)20(26)9-13)14-4-8-19(25)21(27)10-14/h3-4,7-10,15-17H,5-6,11-12H2,1-2H3/q+1/t15-,16?,17?/m1/s1. The van der Waals surface area contributed by atoms with Gasteiger partial charge in [0.05, 0.1) is 26.2 Å². The zero-order chi connectivity index (χ0) is 22.6. The second-order valence-corrected chi connectivity index (χ2v) is 8.93. The monoisotopic (exact) mass is 440 g/mol. The number of benzene rings is 2. The van der Waals surface area contributed by atoms with Gasteiger partial charge in [-0.15, -0.1) is 0 Å². The molecule has 2 aromatic carbocycles. The van der Waals surface area contributed by atoms with E-state index in [2.05, 4.69) is 14.1 Å². The molecule has 4 rings (SSSR count). The second-order valence-electron chi connectivity index (χ2n) is 8.93. The summed E-state index contributed by atoms with van der Waals surface area (Å²) in [7, 11) is 4.23. The summed E-state index contributed by atoms with van der Waals surface area (Å²) in [6.45, 7) is 0. The Hall–Kier alpha value is -2.48. The zero-order valence-electron chi connectivity index (χ0n) is 17.2. The van der Waals surface area contributed by atoms with E-state index >= 15 is 4.39 Å². The van der Waals surface area contributed by atoms with Crippen molar-refractivity contribution < 1.29 is 36.0 Å². The molecule has 0 radical (unpaired) electrons. The van der Waals surface area contributed by atoms with E-state index in [1.165, 1.54) is 0 Å². The van der Waals surface area contributed by atoms with Crippen LogP contribution in [0.4, 0.5) is 22.0 Å². The third-order valence-corrected chi connectivity index (χ3v) is 6.98. The van der Waals surface area contributed by atoms with Crippen molar-refractivity contribution in [2.45, 2.75) is 49.5 Å². The Kier molecular flexibility index (Phi) is 5.32. The molecule has 0 aliphatic carbocycles. The van der Waals surface area contributed by atoms with Crippen LogP contribution in [0.3, 0.4) is 0 Å². The summed E-state index contributed by atoms with van der Waals surface area (Å²) in [6.07, 6.45) is 2.47. The Bertz CT molecular complexity index is 958. The minimum Gasteiger partial charge on any atom is -0.459 e. The van der Waals surface area contributed by atoms with Crippen molar-refractivity contribution >= 4 is 5.97 Å². The Morgan fingerprint density at radius 2 is 1.32 bits per heavy atom. The van der Waals surface area contributed by atoms with Crippen LogP contribution >= 0.6 is 0 Å². The van der Waals surface area contributed by atoms with Gasteiger partial charge >= 0.3 is 5.97 Å². The third-order valence-electron chi connectivity index (χ3n) is 6.98. The lowest BCUT2D eigenvalue weighted by Gasteiger charge is -2.44. The largest absolute Gasteiger partial charge is 0.459 e. The SMILES string of the molecule is C[N+]1(C)C2CC[C@@H]1CC(OC(=O)C(F)(c1ccc(F)c(F)c1)c1ccc(F)c(F)c1)C2. The van der Waals surface area contributed by atoms with Crippen molar-refractivity contribution in [3.05, 3.63) is 70.8 Å². The Labute approximate surface area is 177 Å². The highest BCUT2D eigenvalue weighted by Crippen LogP contribution is 2.42. The number of hydrogen-bond donors (Lipinski definition) is 0. The van der Waals surface area contributed by atoms with Crippen LogP contribution in [0.15, 0.2) is 36.4 Å². The molecule has 0 aromatic heterocycles. The Morgan fingerprint density at radius 3 is 1.74 bits per heavy atom. The second kappa shape index (κ2) is 7.58. The number of fused-ring (bicyclic) bond motifs is 2. The first-order valence-electron chi connectivity index (χ1n) is 10.2. The molecule has 166 valence electrons. The molecule has 2 heterocycles. The molecule has 2 aliphatic heterocycles. The molecule has 2 aliphatic rings. The first kappa shape index (κ1) is 21.7. The van der Waals surface area contributed by atoms with Gasteiger partial charge in [0.2, 0.25) is 0 Å². The van der Waals surface area contributed by atoms with Crippen LogP contribution in [0.2, 0.25) is 0 Å². The molecule has 2 fully saturated rings. The van der Waals surface area contributed by atoms with Crippen LogP contribution in [0.25, 0.3) is 0 Å². The van der Waals surface area contributed by atoms with E-state index in [-0.39, 0.29) is 12.1 Å². The molecular formula is C23H23F5NO2+. The molecule has 2 unspecified atom stereocenters. The number of halogens is 5. The van der Waals surface area contributed by atoms with Crippen LogP contribution in [0.5, 0.6) is 0 Å². The van der Waals surface area contributed by atoms with E-state index in [0.29, 0.717) is 37.1 Å². The fourth-order valence-electron chi connectivity index (χ4n) is 4.98. The van der Waals surface area contributed by atoms with Crippen LogP contribution in [0, 0.1) is 23.3 Å². The molecule has 31 heavy (non-hydrogen) atoms. The molecule has 8 heteroatoms. The molecule has 0 amide bonds. The third kappa shape index (κ3) is 3.60. The quantitative estimate of drug-likeness (QED) is 0.389. The van der Waals surface area contributed by atoms with Crippen LogP contribution in [0.1, 0.15) is 36.8 Å². The van der Waals surface area contributed by atoms with Gasteiger partial charge in [0, 0.05) is 36.8 Å². The van der Waals surface area contributed by atoms with E-state index in [0.717, 1.165) is 29.5 Å². The first-order chi connectivity index (χ1) is 14.5. The summed E-state index contributed by atoms with van der Waals surface area (Å²) in [5, 5.41) is 0. The molecule has 2 saturated heterocycles. The molecule has 2 aromatic rings. The number of carbonyl (C=O) groups is 1. The summed E-state index contributed by atoms with van der Waals surface area (Å²) >= 11 is 0. The normalized spacial score (nSPS) is 24.8. The highest BCUT2D eigenvalue weighted by atomic mass is 19.2. The lowest BCUT2D eigenvalue weighted by atomic mass is 9.87. The maximum absolute atomic E-state index is 16.3. The average Bonchev–Trinajstić information content (AvgIpc) is 2.88. The van der Waals surface area contributed by atoms with E-state index in [1.54, 1.807) is 0 Å². The van der Waals surface area contributed by atoms with Crippen molar-refractivity contribution in [3.63, 3.8) is 0 Å². The van der Waals surface area contributed by atoms with Crippen molar-refractivity contribution in [3.8, 4) is 0 Å². The van der Waals surface area contributed by atoms with E-state index < -0.39 is 52.1 Å². The van der Waals surface area contributed by atoms with Crippen molar-refractivity contribution in [1.82, 2.24) is 0 Å². The fraction of sp³-hybridized carbons (Fsp3) is 0.435. The number of nitrogens with zero attached hydrogens (tertiary/aromatic N) is 1. The highest BCUT2D eigenvalue weighted by molar-refractivity contribution is 5.85. The van der Waals surface area contributed by atoms with E-state index in [4.69, 9.17) is 4.74 Å². The first-order valence-corrected chi connectivity index (χ1v) is 10.2. The summed E-state index contributed by atoms with van der Waals surface area (Å²) < 4.78 is 77.2. The van der Waals surface area contributed by atoms with Gasteiger partial charge in [-0.3, -0.25) is 0 Å². The van der Waals surface area contributed by atoms with Gasteiger partial charge < -0.3 is 9.22 Å². The number of alkyl halides is 1. The zero-order valence-corrected chi connectivity index (χ0v) is 17.2. The number of ether oxygens (including phenoxy) is 1. The Balaban J connectivity index is 1.69. The number of carbonyl (C=O) groups excluding carboxylic acids is 1. The summed E-state index contributed by atoms with van der Waals surface area (Å²) in [5.74, 6) is -6.56. The van der Waals surface area contributed by atoms with Crippen LogP contribution < -0.4 is 0 Å². The van der Waals surface area contributed by atoms with Gasteiger partial charge in [0.15, 0.2) is 23.3 Å². The molecule has 0 spiro atoms. The van der Waals surface area contributed by atoms with Crippen molar-refractivity contribution in [2.75, 3.05) is 14.1 Å². The smallest absolute Gasteiger partial charge is 0.353 e. The Morgan fingerprint density at radius 1 is 0.871 bits per heavy atom. The topological polar surface area (TPSA) is 26.3 Å². The average molecular weight is 440 g/mol. The number of piperidine rings is 1. The number of hydrogen-bond acceptors (Lipinski definition) is 2. The minimum absolute atomic E-state index is 0.261. The summed E-state index contributed by atoms with van der Waals surface area (Å²) in [6, 6.07) is 4.72. The van der Waals surface area contributed by atoms with Gasteiger partial charge in [-0.05, 0) is 24.3 Å². The fourth-order valence-corrected chi connectivity index (χ4v) is 4.98. The molecule has 2 bridgehead atoms. The molecular weight excluding hydrogens is 417 g/mol. The summed E-state index contributed by atoms with van der Waals surface area (Å²) in [4.78, 5) is 13.1. The molecule has 3 atom stereocenters. The number of quaternary nitrogens is 1. The predicted octanol–water partition coefficient (Wildman–Crippen LogP) is 4.77. The van der Waals surface area contributed by atoms with E-state index in [9.17, 15) is 22.4 Å². The maximum Gasteiger partial charge on any atom is 0.353 e. The van der Waals surface area contributed by atoms with Gasteiger partial charge in [0.1, 0.15) is 6.10 Å². The minimum atomic E-state index is -3.13. The molecule has 0 saturated carbocycles. The number of esters is 1. The van der Waals surface area contributed by atoms with E-state index in [1.807, 2.05) is 0 Å². The molecule has 3 nitrogen and oxygen atoms in total. The molecule has 0 N–H and O–H groups in total. The van der Waals surface area contributed by atoms with Gasteiger partial charge in [-0.2, -0.15) is 0 Å². The van der Waals surface area contributed by atoms with Crippen LogP contribution in [-0.4, -0.2) is 42.7 Å². The van der Waals surface area contributed by atoms with Crippen molar-refractivity contribution in [1.29, 1.82) is 0 Å². The summed E-state index contributed by atoms with van der Waals surface area (Å²) in [5.41, 5.74) is -4.25. The van der Waals surface area contributed by atoms with Gasteiger partial charge in [-0.1, -0.05) is 12.1 Å². The number of rotatable bonds is 4. The van der Waals surface area contributed by atoms with Crippen molar-refractivity contribution in [2.24, 2.45) is 0 Å². The highest BCUT2D eigenvalue weighted by Gasteiger charge is 2.52. The van der Waals surface area contributed by atoms with Crippen LogP contribution in [-0.2, 0) is 15.2 Å².